The van der Waals surface area contributed by atoms with Crippen molar-refractivity contribution in [1.29, 1.82) is 0 Å². The summed E-state index contributed by atoms with van der Waals surface area (Å²) in [5.41, 5.74) is 16.8. The summed E-state index contributed by atoms with van der Waals surface area (Å²) in [6, 6.07) is 76.1. The summed E-state index contributed by atoms with van der Waals surface area (Å²) in [4.78, 5) is 4.96. The van der Waals surface area contributed by atoms with Crippen molar-refractivity contribution in [3.63, 3.8) is 0 Å². The first-order chi connectivity index (χ1) is 28.3. The molecule has 0 bridgehead atoms. The summed E-state index contributed by atoms with van der Waals surface area (Å²) in [5.74, 6) is 0.241. The Morgan fingerprint density at radius 3 is 1.68 bits per heavy atom. The van der Waals surface area contributed by atoms with E-state index in [4.69, 9.17) is 0 Å². The second kappa shape index (κ2) is 13.5. The minimum absolute atomic E-state index is 0.220. The van der Waals surface area contributed by atoms with Gasteiger partial charge in [-0.25, -0.2) is 0 Å². The maximum atomic E-state index is 2.50. The smallest absolute Gasteiger partial charge is 0.0714 e. The summed E-state index contributed by atoms with van der Waals surface area (Å²) in [7, 11) is 0. The van der Waals surface area contributed by atoms with Gasteiger partial charge in [0.15, 0.2) is 0 Å². The molecule has 3 aliphatic rings. The lowest BCUT2D eigenvalue weighted by atomic mass is 9.67. The van der Waals surface area contributed by atoms with Crippen LogP contribution in [0, 0.1) is 0 Å². The van der Waals surface area contributed by atoms with E-state index in [0.717, 1.165) is 17.1 Å². The molecule has 8 aromatic carbocycles. The highest BCUT2D eigenvalue weighted by Gasteiger charge is 2.46. The second-order valence-corrected chi connectivity index (χ2v) is 15.2. The van der Waals surface area contributed by atoms with Gasteiger partial charge < -0.3 is 9.80 Å². The normalized spacial score (nSPS) is 16.7. The van der Waals surface area contributed by atoms with E-state index in [1.54, 1.807) is 0 Å². The van der Waals surface area contributed by atoms with Crippen LogP contribution in [0.2, 0.25) is 0 Å². The maximum Gasteiger partial charge on any atom is 0.0714 e. The van der Waals surface area contributed by atoms with Crippen LogP contribution in [-0.4, -0.2) is 6.04 Å². The molecule has 0 fully saturated rings. The Bertz CT molecular complexity index is 2750. The summed E-state index contributed by atoms with van der Waals surface area (Å²) < 4.78 is 0. The zero-order chi connectivity index (χ0) is 37.8. The maximum absolute atomic E-state index is 2.50. The van der Waals surface area contributed by atoms with Gasteiger partial charge in [0, 0.05) is 34.4 Å². The lowest BCUT2D eigenvalue weighted by Crippen LogP contribution is -2.28. The van der Waals surface area contributed by atoms with E-state index in [-0.39, 0.29) is 12.0 Å². The van der Waals surface area contributed by atoms with Crippen molar-refractivity contribution < 1.29 is 0 Å². The zero-order valence-corrected chi connectivity index (χ0v) is 31.5. The SMILES string of the molecule is C1=CC2c3cc(N(c4ccc(-c5ccccc5)cc4)c4ccc5c(c4)C(c4ccccc4)(c4ccccc4)c4ccccc4-5)ccc3N(c3ccccc3)C2C=C1. The molecule has 2 nitrogen and oxygen atoms in total. The Kier molecular flexibility index (Phi) is 7.89. The van der Waals surface area contributed by atoms with Gasteiger partial charge in [-0.05, 0) is 105 Å². The summed E-state index contributed by atoms with van der Waals surface area (Å²) in [6.45, 7) is 0. The Morgan fingerprint density at radius 1 is 0.421 bits per heavy atom. The van der Waals surface area contributed by atoms with Crippen molar-refractivity contribution in [3.05, 3.63) is 258 Å². The average molecular weight is 729 g/mol. The predicted octanol–water partition coefficient (Wildman–Crippen LogP) is 13.9. The number of nitrogens with zero attached hydrogens (tertiary/aromatic N) is 2. The number of hydrogen-bond acceptors (Lipinski definition) is 2. The van der Waals surface area contributed by atoms with Gasteiger partial charge in [-0.2, -0.15) is 0 Å². The van der Waals surface area contributed by atoms with Gasteiger partial charge in [0.05, 0.1) is 11.5 Å². The third-order valence-corrected chi connectivity index (χ3v) is 12.3. The number of hydrogen-bond donors (Lipinski definition) is 0. The molecule has 57 heavy (non-hydrogen) atoms. The van der Waals surface area contributed by atoms with Gasteiger partial charge in [-0.15, -0.1) is 0 Å². The first kappa shape index (κ1) is 33.2. The molecule has 2 aliphatic carbocycles. The molecule has 0 amide bonds. The van der Waals surface area contributed by atoms with Gasteiger partial charge in [-0.1, -0.05) is 176 Å². The van der Waals surface area contributed by atoms with Crippen molar-refractivity contribution in [1.82, 2.24) is 0 Å². The summed E-state index contributed by atoms with van der Waals surface area (Å²) in [6.07, 6.45) is 9.12. The first-order valence-corrected chi connectivity index (χ1v) is 19.9. The molecule has 8 aromatic rings. The van der Waals surface area contributed by atoms with E-state index in [1.807, 2.05) is 0 Å². The summed E-state index contributed by atoms with van der Waals surface area (Å²) in [5, 5.41) is 0. The first-order valence-electron chi connectivity index (χ1n) is 19.9. The molecule has 11 rings (SSSR count). The van der Waals surface area contributed by atoms with Crippen LogP contribution in [0.1, 0.15) is 33.7 Å². The van der Waals surface area contributed by atoms with E-state index >= 15 is 0 Å². The number of para-hydroxylation sites is 1. The van der Waals surface area contributed by atoms with Crippen LogP contribution in [0.4, 0.5) is 28.4 Å². The molecule has 0 saturated carbocycles. The molecule has 0 aromatic heterocycles. The van der Waals surface area contributed by atoms with E-state index in [1.165, 1.54) is 61.4 Å². The minimum atomic E-state index is -0.492. The number of fused-ring (bicyclic) bond motifs is 6. The van der Waals surface area contributed by atoms with Crippen molar-refractivity contribution in [3.8, 4) is 22.3 Å². The quantitative estimate of drug-likeness (QED) is 0.161. The Hall–Kier alpha value is -7.16. The van der Waals surface area contributed by atoms with Gasteiger partial charge in [0.1, 0.15) is 0 Å². The van der Waals surface area contributed by atoms with Crippen molar-refractivity contribution >= 4 is 28.4 Å². The van der Waals surface area contributed by atoms with Crippen LogP contribution in [0.5, 0.6) is 0 Å². The molecule has 2 unspecified atom stereocenters. The number of benzene rings is 8. The highest BCUT2D eigenvalue weighted by molar-refractivity contribution is 5.90. The predicted molar refractivity (Wildman–Crippen MR) is 237 cm³/mol. The molecule has 2 atom stereocenters. The van der Waals surface area contributed by atoms with E-state index in [9.17, 15) is 0 Å². The minimum Gasteiger partial charge on any atom is -0.333 e. The van der Waals surface area contributed by atoms with Crippen LogP contribution in [0.15, 0.2) is 231 Å². The molecular formula is C55H40N2. The van der Waals surface area contributed by atoms with E-state index in [2.05, 4.69) is 240 Å². The molecule has 1 aliphatic heterocycles. The van der Waals surface area contributed by atoms with Gasteiger partial charge in [-0.3, -0.25) is 0 Å². The monoisotopic (exact) mass is 728 g/mol. The molecular weight excluding hydrogens is 689 g/mol. The number of allylic oxidation sites excluding steroid dienone is 2. The Morgan fingerprint density at radius 2 is 0.965 bits per heavy atom. The number of rotatable bonds is 7. The molecule has 2 heteroatoms. The molecule has 0 spiro atoms. The van der Waals surface area contributed by atoms with Crippen molar-refractivity contribution in [2.24, 2.45) is 0 Å². The van der Waals surface area contributed by atoms with Crippen molar-refractivity contribution in [2.75, 3.05) is 9.80 Å². The van der Waals surface area contributed by atoms with Crippen LogP contribution in [-0.2, 0) is 5.41 Å². The molecule has 1 heterocycles. The van der Waals surface area contributed by atoms with Gasteiger partial charge in [0.25, 0.3) is 0 Å². The zero-order valence-electron chi connectivity index (χ0n) is 31.5. The van der Waals surface area contributed by atoms with E-state index in [0.29, 0.717) is 0 Å². The van der Waals surface area contributed by atoms with Gasteiger partial charge >= 0.3 is 0 Å². The van der Waals surface area contributed by atoms with Crippen molar-refractivity contribution in [2.45, 2.75) is 17.4 Å². The average Bonchev–Trinajstić information content (AvgIpc) is 3.78. The third-order valence-electron chi connectivity index (χ3n) is 12.3. The molecule has 0 radical (unpaired) electrons. The Labute approximate surface area is 335 Å². The fraction of sp³-hybridized carbons (Fsp3) is 0.0545. The lowest BCUT2D eigenvalue weighted by Gasteiger charge is -2.35. The van der Waals surface area contributed by atoms with E-state index < -0.39 is 5.41 Å². The molecule has 0 saturated heterocycles. The van der Waals surface area contributed by atoms with Crippen LogP contribution in [0.25, 0.3) is 22.3 Å². The second-order valence-electron chi connectivity index (χ2n) is 15.2. The highest BCUT2D eigenvalue weighted by Crippen LogP contribution is 2.57. The third kappa shape index (κ3) is 5.25. The van der Waals surface area contributed by atoms with Crippen LogP contribution < -0.4 is 9.80 Å². The largest absolute Gasteiger partial charge is 0.333 e. The fourth-order valence-corrected chi connectivity index (χ4v) is 9.81. The topological polar surface area (TPSA) is 6.48 Å². The standard InChI is InChI=1S/C55H40N2/c1-5-17-39(18-6-1)40-29-31-44(32-30-40)56(45-34-36-54-50(37-45)49-26-14-16-28-53(49)57(54)43-23-11-4-12-24-43)46-33-35-48-47-25-13-15-27-51(47)55(52(48)38-46,41-19-7-2-8-20-41)42-21-9-3-10-22-42/h1-38,49,53H. The highest BCUT2D eigenvalue weighted by atomic mass is 15.2. The summed E-state index contributed by atoms with van der Waals surface area (Å²) >= 11 is 0. The lowest BCUT2D eigenvalue weighted by molar-refractivity contribution is 0.745. The van der Waals surface area contributed by atoms with Crippen LogP contribution in [0.3, 0.4) is 0 Å². The fourth-order valence-electron chi connectivity index (χ4n) is 9.81. The molecule has 270 valence electrons. The number of anilines is 5. The molecule has 0 N–H and O–H groups in total. The van der Waals surface area contributed by atoms with Crippen LogP contribution >= 0.6 is 0 Å². The van der Waals surface area contributed by atoms with Gasteiger partial charge in [0.2, 0.25) is 0 Å². The Balaban J connectivity index is 1.13.